The summed E-state index contributed by atoms with van der Waals surface area (Å²) in [6.07, 6.45) is 4.94. The van der Waals surface area contributed by atoms with Crippen molar-refractivity contribution >= 4 is 6.91 Å². The first-order chi connectivity index (χ1) is 4.84. The molecule has 0 aliphatic rings. The van der Waals surface area contributed by atoms with Gasteiger partial charge in [-0.05, 0) is 0 Å². The molecule has 1 nitrogen and oxygen atoms in total. The monoisotopic (exact) mass is 133 g/mol. The van der Waals surface area contributed by atoms with Gasteiger partial charge in [0.2, 0.25) is 0 Å². The summed E-state index contributed by atoms with van der Waals surface area (Å²) in [7, 11) is 0. The van der Waals surface area contributed by atoms with E-state index in [1.165, 1.54) is 11.9 Å². The SMILES string of the molecule is CCC(C)c1bccnc1. The summed E-state index contributed by atoms with van der Waals surface area (Å²) in [4.78, 5) is 4.05. The molecule has 0 aliphatic heterocycles. The molecule has 2 heteroatoms. The van der Waals surface area contributed by atoms with Crippen molar-refractivity contribution in [1.82, 2.24) is 4.98 Å². The first kappa shape index (κ1) is 7.45. The quantitative estimate of drug-likeness (QED) is 0.600. The van der Waals surface area contributed by atoms with E-state index in [1.54, 1.807) is 0 Å². The van der Waals surface area contributed by atoms with Crippen molar-refractivity contribution in [3.8, 4) is 0 Å². The molecule has 1 aromatic rings. The van der Waals surface area contributed by atoms with Gasteiger partial charge in [0.05, 0.1) is 0 Å². The Morgan fingerprint density at radius 2 is 2.50 bits per heavy atom. The van der Waals surface area contributed by atoms with Gasteiger partial charge in [0.25, 0.3) is 0 Å². The molecule has 1 rings (SSSR count). The molecule has 0 N–H and O–H groups in total. The van der Waals surface area contributed by atoms with Gasteiger partial charge < -0.3 is 0 Å². The van der Waals surface area contributed by atoms with Gasteiger partial charge in [0.1, 0.15) is 0 Å². The number of rotatable bonds is 2. The molecule has 0 bridgehead atoms. The Kier molecular flexibility index (Phi) is 2.61. The molecule has 0 aromatic carbocycles. The number of nitrogens with zero attached hydrogens (tertiary/aromatic N) is 1. The second kappa shape index (κ2) is 3.50. The molecule has 1 atom stereocenters. The number of aromatic nitrogens is 1. The van der Waals surface area contributed by atoms with Gasteiger partial charge in [-0.3, -0.25) is 0 Å². The van der Waals surface area contributed by atoms with Crippen LogP contribution in [0.4, 0.5) is 0 Å². The zero-order valence-corrected chi connectivity index (χ0v) is 6.54. The molecule has 52 valence electrons. The van der Waals surface area contributed by atoms with Crippen LogP contribution in [0, 0.1) is 0 Å². The van der Waals surface area contributed by atoms with Crippen molar-refractivity contribution in [2.24, 2.45) is 0 Å². The zero-order valence-electron chi connectivity index (χ0n) is 6.54. The predicted octanol–water partition coefficient (Wildman–Crippen LogP) is 1.93. The maximum atomic E-state index is 4.05. The molecule has 1 unspecified atom stereocenters. The molecular weight excluding hydrogens is 121 g/mol. The molecule has 0 saturated heterocycles. The van der Waals surface area contributed by atoms with Crippen molar-refractivity contribution in [3.05, 3.63) is 23.8 Å². The van der Waals surface area contributed by atoms with Gasteiger partial charge >= 0.3 is 61.9 Å². The van der Waals surface area contributed by atoms with Gasteiger partial charge in [0, 0.05) is 0 Å². The van der Waals surface area contributed by atoms with Crippen LogP contribution in [-0.2, 0) is 0 Å². The van der Waals surface area contributed by atoms with E-state index < -0.39 is 0 Å². The van der Waals surface area contributed by atoms with E-state index in [4.69, 9.17) is 0 Å². The third-order valence-corrected chi connectivity index (χ3v) is 1.87. The standard InChI is InChI=1S/C8H12BN/c1-3-7(2)8-6-10-5-4-9-8/h4-7H,3H2,1-2H3. The van der Waals surface area contributed by atoms with Gasteiger partial charge in [-0.25, -0.2) is 0 Å². The molecule has 0 amide bonds. The van der Waals surface area contributed by atoms with Crippen molar-refractivity contribution in [3.63, 3.8) is 0 Å². The first-order valence-corrected chi connectivity index (χ1v) is 3.74. The molecule has 10 heavy (non-hydrogen) atoms. The van der Waals surface area contributed by atoms with Crippen molar-refractivity contribution in [1.29, 1.82) is 0 Å². The summed E-state index contributed by atoms with van der Waals surface area (Å²) in [5.74, 6) is 2.63. The van der Waals surface area contributed by atoms with Crippen LogP contribution in [0.3, 0.4) is 0 Å². The third-order valence-electron chi connectivity index (χ3n) is 1.87. The average molecular weight is 133 g/mol. The Bertz CT molecular complexity index is 186. The minimum absolute atomic E-state index is 0.647. The fourth-order valence-electron chi connectivity index (χ4n) is 0.903. The van der Waals surface area contributed by atoms with E-state index in [2.05, 4.69) is 25.7 Å². The van der Waals surface area contributed by atoms with Crippen LogP contribution in [0.2, 0.25) is 0 Å². The maximum absolute atomic E-state index is 4.05. The molecular formula is C8H12BN. The van der Waals surface area contributed by atoms with E-state index in [0.29, 0.717) is 5.92 Å². The van der Waals surface area contributed by atoms with E-state index >= 15 is 0 Å². The van der Waals surface area contributed by atoms with Gasteiger partial charge in [-0.1, -0.05) is 0 Å². The minimum atomic E-state index is 0.647. The summed E-state index contributed by atoms with van der Waals surface area (Å²) in [6.45, 7) is 6.54. The predicted molar refractivity (Wildman–Crippen MR) is 44.3 cm³/mol. The van der Waals surface area contributed by atoms with Crippen LogP contribution in [0.1, 0.15) is 31.6 Å². The summed E-state index contributed by atoms with van der Waals surface area (Å²) < 4.78 is 0. The number of hydrogen-bond donors (Lipinski definition) is 0. The second-order valence-electron chi connectivity index (χ2n) is 2.60. The zero-order chi connectivity index (χ0) is 7.40. The van der Waals surface area contributed by atoms with Crippen LogP contribution >= 0.6 is 0 Å². The Balaban J connectivity index is 2.75. The Hall–Kier alpha value is -0.655. The molecule has 0 radical (unpaired) electrons. The van der Waals surface area contributed by atoms with Gasteiger partial charge in [-0.2, -0.15) is 0 Å². The fraction of sp³-hybridized carbons (Fsp3) is 0.500. The van der Waals surface area contributed by atoms with Crippen LogP contribution in [0.5, 0.6) is 0 Å². The fourth-order valence-corrected chi connectivity index (χ4v) is 0.903. The van der Waals surface area contributed by atoms with E-state index in [1.807, 2.05) is 18.4 Å². The molecule has 0 fully saturated rings. The molecule has 1 aromatic heterocycles. The van der Waals surface area contributed by atoms with Crippen molar-refractivity contribution in [2.45, 2.75) is 26.2 Å². The Morgan fingerprint density at radius 1 is 1.70 bits per heavy atom. The molecule has 0 saturated carbocycles. The van der Waals surface area contributed by atoms with E-state index in [-0.39, 0.29) is 0 Å². The summed E-state index contributed by atoms with van der Waals surface area (Å²) >= 11 is 0. The second-order valence-corrected chi connectivity index (χ2v) is 2.60. The van der Waals surface area contributed by atoms with Gasteiger partial charge in [0.15, 0.2) is 0 Å². The van der Waals surface area contributed by atoms with Gasteiger partial charge in [-0.15, -0.1) is 0 Å². The molecule has 0 spiro atoms. The first-order valence-electron chi connectivity index (χ1n) is 3.74. The summed E-state index contributed by atoms with van der Waals surface area (Å²) in [5, 5.41) is 0. The van der Waals surface area contributed by atoms with E-state index in [9.17, 15) is 0 Å². The van der Waals surface area contributed by atoms with Crippen molar-refractivity contribution in [2.75, 3.05) is 0 Å². The third kappa shape index (κ3) is 1.66. The normalized spacial score (nSPS) is 12.6. The molecule has 0 aliphatic carbocycles. The van der Waals surface area contributed by atoms with Crippen LogP contribution in [0.25, 0.3) is 0 Å². The number of hydrogen-bond acceptors (Lipinski definition) is 1. The Labute approximate surface area is 62.7 Å². The summed E-state index contributed by atoms with van der Waals surface area (Å²) in [5.41, 5.74) is 1.34. The van der Waals surface area contributed by atoms with Crippen molar-refractivity contribution < 1.29 is 0 Å². The summed E-state index contributed by atoms with van der Waals surface area (Å²) in [6, 6.07) is 0. The van der Waals surface area contributed by atoms with Crippen LogP contribution in [0.15, 0.2) is 18.4 Å². The molecule has 1 heterocycles. The van der Waals surface area contributed by atoms with Crippen LogP contribution in [-0.4, -0.2) is 11.9 Å². The Morgan fingerprint density at radius 3 is 3.00 bits per heavy atom. The van der Waals surface area contributed by atoms with E-state index in [0.717, 1.165) is 0 Å². The average Bonchev–Trinajstić information content (AvgIpc) is 2.05. The topological polar surface area (TPSA) is 12.9 Å². The van der Waals surface area contributed by atoms with Crippen LogP contribution < -0.4 is 0 Å².